The summed E-state index contributed by atoms with van der Waals surface area (Å²) in [4.78, 5) is 26.1. The van der Waals surface area contributed by atoms with Gasteiger partial charge in [0.15, 0.2) is 11.4 Å². The first-order chi connectivity index (χ1) is 13.1. The summed E-state index contributed by atoms with van der Waals surface area (Å²) in [5, 5.41) is 12.4. The quantitative estimate of drug-likeness (QED) is 0.665. The summed E-state index contributed by atoms with van der Waals surface area (Å²) in [7, 11) is 0. The second-order valence-electron chi connectivity index (χ2n) is 8.27. The zero-order valence-electron chi connectivity index (χ0n) is 16.8. The van der Waals surface area contributed by atoms with Gasteiger partial charge in [-0.25, -0.2) is 9.28 Å². The number of benzene rings is 1. The molecule has 0 bridgehead atoms. The van der Waals surface area contributed by atoms with E-state index >= 15 is 0 Å². The molecule has 0 saturated carbocycles. The first-order valence-corrected chi connectivity index (χ1v) is 10.0. The number of hydrogen-bond donors (Lipinski definition) is 0. The van der Waals surface area contributed by atoms with Gasteiger partial charge in [-0.2, -0.15) is 0 Å². The molecule has 154 valence electrons. The third kappa shape index (κ3) is 3.65. The zero-order valence-corrected chi connectivity index (χ0v) is 17.6. The Morgan fingerprint density at radius 2 is 2.00 bits per heavy atom. The number of amides is 2. The molecule has 7 nitrogen and oxygen atoms in total. The molecule has 2 aliphatic rings. The Morgan fingerprint density at radius 1 is 1.32 bits per heavy atom. The van der Waals surface area contributed by atoms with E-state index in [4.69, 9.17) is 21.1 Å². The highest BCUT2D eigenvalue weighted by Crippen LogP contribution is 2.46. The van der Waals surface area contributed by atoms with Gasteiger partial charge in [-0.1, -0.05) is 11.6 Å². The maximum Gasteiger partial charge on any atom is 0.410 e. The Hall–Kier alpha value is -1.99. The van der Waals surface area contributed by atoms with Crippen molar-refractivity contribution >= 4 is 29.5 Å². The monoisotopic (exact) mass is 410 g/mol. The smallest absolute Gasteiger partial charge is 0.410 e. The van der Waals surface area contributed by atoms with Crippen molar-refractivity contribution in [2.75, 3.05) is 32.8 Å². The molecule has 2 amide bonds. The van der Waals surface area contributed by atoms with E-state index < -0.39 is 11.7 Å². The largest absolute Gasteiger partial charge is 0.498 e. The average molecular weight is 411 g/mol. The van der Waals surface area contributed by atoms with Crippen molar-refractivity contribution in [3.63, 3.8) is 0 Å². The topological polar surface area (TPSA) is 78.9 Å². The van der Waals surface area contributed by atoms with Gasteiger partial charge in [0.25, 0.3) is 6.09 Å². The van der Waals surface area contributed by atoms with Gasteiger partial charge in [0, 0.05) is 19.2 Å². The second-order valence-corrected chi connectivity index (χ2v) is 8.64. The first kappa shape index (κ1) is 20.7. The number of halogens is 1. The van der Waals surface area contributed by atoms with E-state index in [-0.39, 0.29) is 17.2 Å². The lowest BCUT2D eigenvalue weighted by molar-refractivity contribution is -0.264. The van der Waals surface area contributed by atoms with Gasteiger partial charge in [-0.15, -0.1) is 0 Å². The van der Waals surface area contributed by atoms with E-state index in [2.05, 4.69) is 0 Å². The van der Waals surface area contributed by atoms with Crippen molar-refractivity contribution in [2.24, 2.45) is 0 Å². The van der Waals surface area contributed by atoms with Crippen molar-refractivity contribution in [3.05, 3.63) is 22.2 Å². The third-order valence-corrected chi connectivity index (χ3v) is 5.80. The van der Waals surface area contributed by atoms with Crippen molar-refractivity contribution in [2.45, 2.75) is 46.1 Å². The molecule has 0 aromatic heterocycles. The van der Waals surface area contributed by atoms with E-state index in [0.717, 1.165) is 11.1 Å². The van der Waals surface area contributed by atoms with Gasteiger partial charge in [-0.3, -0.25) is 0 Å². The summed E-state index contributed by atoms with van der Waals surface area (Å²) in [6, 6.07) is 1.87. The minimum Gasteiger partial charge on any atom is -0.498 e. The Labute approximate surface area is 170 Å². The number of likely N-dealkylation sites (N-methyl/N-ethyl adjacent to an activating group) is 1. The standard InChI is InChI=1S/C20H27ClN2O5/c1-5-23(19(25)26)10-11-27-17-15(23)12-13-6-8-22(9-7-14(13)16(17)21)18(24)28-20(2,3)4/h12H,5-11H2,1-4H3. The maximum atomic E-state index is 12.5. The average Bonchev–Trinajstić information content (AvgIpc) is 2.83. The lowest BCUT2D eigenvalue weighted by atomic mass is 9.99. The van der Waals surface area contributed by atoms with Gasteiger partial charge < -0.3 is 24.3 Å². The molecule has 1 atom stereocenters. The highest BCUT2D eigenvalue weighted by molar-refractivity contribution is 6.33. The molecule has 8 heteroatoms. The van der Waals surface area contributed by atoms with E-state index in [1.807, 2.05) is 33.8 Å². The normalized spacial score (nSPS) is 21.8. The van der Waals surface area contributed by atoms with Crippen LogP contribution in [0.4, 0.5) is 15.3 Å². The first-order valence-electron chi connectivity index (χ1n) is 9.63. The molecule has 2 aliphatic heterocycles. The molecule has 1 unspecified atom stereocenters. The number of carbonyl (C=O) groups excluding carboxylic acids is 2. The fraction of sp³-hybridized carbons (Fsp3) is 0.600. The highest BCUT2D eigenvalue weighted by Gasteiger charge is 2.41. The molecule has 28 heavy (non-hydrogen) atoms. The third-order valence-electron chi connectivity index (χ3n) is 5.40. The van der Waals surface area contributed by atoms with Crippen LogP contribution in [-0.4, -0.2) is 55.5 Å². The summed E-state index contributed by atoms with van der Waals surface area (Å²) in [5.41, 5.74) is 1.81. The predicted molar refractivity (Wildman–Crippen MR) is 105 cm³/mol. The Morgan fingerprint density at radius 3 is 2.61 bits per heavy atom. The van der Waals surface area contributed by atoms with Crippen LogP contribution in [0.25, 0.3) is 0 Å². The Balaban J connectivity index is 1.96. The lowest BCUT2D eigenvalue weighted by Gasteiger charge is -2.40. The lowest BCUT2D eigenvalue weighted by Crippen LogP contribution is -2.63. The Bertz CT molecular complexity index is 805. The maximum absolute atomic E-state index is 12.5. The molecule has 0 aliphatic carbocycles. The van der Waals surface area contributed by atoms with E-state index in [9.17, 15) is 14.7 Å². The van der Waals surface area contributed by atoms with Gasteiger partial charge in [0.2, 0.25) is 0 Å². The second kappa shape index (κ2) is 7.44. The summed E-state index contributed by atoms with van der Waals surface area (Å²) >= 11 is 6.66. The predicted octanol–water partition coefficient (Wildman–Crippen LogP) is 2.74. The summed E-state index contributed by atoms with van der Waals surface area (Å²) in [6.45, 7) is 9.19. The number of carbonyl (C=O) groups is 2. The van der Waals surface area contributed by atoms with Crippen molar-refractivity contribution < 1.29 is 24.2 Å². The number of fused-ring (bicyclic) bond motifs is 2. The molecule has 1 aromatic carbocycles. The number of quaternary nitrogens is 1. The van der Waals surface area contributed by atoms with Crippen molar-refractivity contribution in [3.8, 4) is 5.75 Å². The summed E-state index contributed by atoms with van der Waals surface area (Å²) < 4.78 is 10.9. The molecular weight excluding hydrogens is 384 g/mol. The molecule has 0 saturated heterocycles. The van der Waals surface area contributed by atoms with Crippen LogP contribution in [0, 0.1) is 0 Å². The van der Waals surface area contributed by atoms with Crippen molar-refractivity contribution in [1.29, 1.82) is 0 Å². The molecule has 3 rings (SSSR count). The van der Waals surface area contributed by atoms with Gasteiger partial charge in [-0.05, 0) is 51.7 Å². The number of hydrogen-bond acceptors (Lipinski definition) is 5. The fourth-order valence-corrected chi connectivity index (χ4v) is 4.22. The SMILES string of the molecule is CC[N+]1(C(=O)[O-])CCOc2c1cc1c(c2Cl)CCN(C(=O)OC(C)(C)C)CC1. The van der Waals surface area contributed by atoms with Crippen molar-refractivity contribution in [1.82, 2.24) is 9.38 Å². The number of carboxylic acid groups (broad SMARTS) is 1. The van der Waals surface area contributed by atoms with Gasteiger partial charge in [0.05, 0.1) is 11.6 Å². The van der Waals surface area contributed by atoms with Crippen LogP contribution in [-0.2, 0) is 17.6 Å². The highest BCUT2D eigenvalue weighted by atomic mass is 35.5. The van der Waals surface area contributed by atoms with Crippen LogP contribution in [0.3, 0.4) is 0 Å². The van der Waals surface area contributed by atoms with Gasteiger partial charge >= 0.3 is 6.09 Å². The van der Waals surface area contributed by atoms with E-state index in [1.54, 1.807) is 4.90 Å². The van der Waals surface area contributed by atoms with Gasteiger partial charge in [0.1, 0.15) is 18.8 Å². The molecule has 2 heterocycles. The summed E-state index contributed by atoms with van der Waals surface area (Å²) in [6.07, 6.45) is -0.391. The van der Waals surface area contributed by atoms with Crippen LogP contribution in [0.2, 0.25) is 5.02 Å². The summed E-state index contributed by atoms with van der Waals surface area (Å²) in [5.74, 6) is 0.420. The van der Waals surface area contributed by atoms with E-state index in [1.165, 1.54) is 0 Å². The zero-order chi connectivity index (χ0) is 20.7. The molecular formula is C20H27ClN2O5. The fourth-order valence-electron chi connectivity index (χ4n) is 3.85. The van der Waals surface area contributed by atoms with Crippen LogP contribution in [0.1, 0.15) is 38.8 Å². The number of ether oxygens (including phenoxy) is 2. The molecule has 0 fully saturated rings. The Kier molecular flexibility index (Phi) is 5.51. The minimum absolute atomic E-state index is 0.261. The van der Waals surface area contributed by atoms with Crippen LogP contribution < -0.4 is 14.3 Å². The van der Waals surface area contributed by atoms with E-state index in [0.29, 0.717) is 55.5 Å². The van der Waals surface area contributed by atoms with Crippen LogP contribution >= 0.6 is 11.6 Å². The minimum atomic E-state index is -1.16. The molecule has 1 aromatic rings. The molecule has 0 spiro atoms. The molecule has 0 N–H and O–H groups in total. The number of nitrogens with zero attached hydrogens (tertiary/aromatic N) is 2. The van der Waals surface area contributed by atoms with Crippen LogP contribution in [0.15, 0.2) is 6.07 Å². The number of rotatable bonds is 1. The van der Waals surface area contributed by atoms with Crippen LogP contribution in [0.5, 0.6) is 5.75 Å². The molecule has 0 radical (unpaired) electrons.